The summed E-state index contributed by atoms with van der Waals surface area (Å²) in [5.74, 6) is -2.52. The fourth-order valence-electron chi connectivity index (χ4n) is 5.00. The molecule has 54 heavy (non-hydrogen) atoms. The van der Waals surface area contributed by atoms with Crippen molar-refractivity contribution >= 4 is 24.3 Å². The van der Waals surface area contributed by atoms with E-state index in [0.29, 0.717) is 11.1 Å². The second-order valence-corrected chi connectivity index (χ2v) is 13.1. The van der Waals surface area contributed by atoms with Gasteiger partial charge < -0.3 is 45.3 Å². The topological polar surface area (TPSA) is 170 Å². The molecule has 0 radical (unpaired) electrons. The Labute approximate surface area is 312 Å². The molecule has 2 aromatic rings. The van der Waals surface area contributed by atoms with Crippen molar-refractivity contribution in [3.8, 4) is 11.5 Å². The monoisotopic (exact) mass is 812 g/mol. The third-order valence-electron chi connectivity index (χ3n) is 8.34. The number of benzene rings is 2. The average Bonchev–Trinajstić information content (AvgIpc) is 3.94. The smallest absolute Gasteiger partial charge is 0.481 e. The Balaban J connectivity index is 0.000000443. The van der Waals surface area contributed by atoms with E-state index in [-0.39, 0.29) is 57.1 Å². The van der Waals surface area contributed by atoms with Gasteiger partial charge in [-0.25, -0.2) is 8.78 Å². The minimum Gasteiger partial charge on any atom is -0.481 e. The first-order valence-electron chi connectivity index (χ1n) is 16.0. The Kier molecular flexibility index (Phi) is 17.4. The first-order chi connectivity index (χ1) is 24.3. The Morgan fingerprint density at radius 1 is 0.778 bits per heavy atom. The van der Waals surface area contributed by atoms with Gasteiger partial charge in [-0.15, -0.1) is 38.7 Å². The zero-order chi connectivity index (χ0) is 40.5. The summed E-state index contributed by atoms with van der Waals surface area (Å²) in [7, 11) is 2.84. The second kappa shape index (κ2) is 19.4. The first-order valence-corrected chi connectivity index (χ1v) is 16.0. The Morgan fingerprint density at radius 2 is 1.19 bits per heavy atom. The number of carbonyl (C=O) groups is 2. The zero-order valence-electron chi connectivity index (χ0n) is 29.7. The van der Waals surface area contributed by atoms with E-state index < -0.39 is 77.8 Å². The number of halogens is 9. The van der Waals surface area contributed by atoms with Crippen LogP contribution in [0.3, 0.4) is 0 Å². The van der Waals surface area contributed by atoms with Gasteiger partial charge in [0.2, 0.25) is 5.91 Å². The maximum atomic E-state index is 14.1. The molecule has 4 rings (SSSR count). The van der Waals surface area contributed by atoms with Crippen LogP contribution < -0.4 is 20.5 Å². The number of nitrogens with two attached hydrogens (primary N) is 1. The highest BCUT2D eigenvalue weighted by Crippen LogP contribution is 2.50. The van der Waals surface area contributed by atoms with Crippen LogP contribution in [0.25, 0.3) is 0 Å². The number of aliphatic carboxylic acids is 1. The average molecular weight is 813 g/mol. The number of carbonyl (C=O) groups excluding carboxylic acids is 1. The summed E-state index contributed by atoms with van der Waals surface area (Å²) in [4.78, 5) is 22.4. The van der Waals surface area contributed by atoms with Gasteiger partial charge in [0.15, 0.2) is 0 Å². The Hall–Kier alpha value is -3.49. The van der Waals surface area contributed by atoms with Gasteiger partial charge in [0.05, 0.1) is 38.1 Å². The van der Waals surface area contributed by atoms with Gasteiger partial charge >= 0.3 is 18.7 Å². The summed E-state index contributed by atoms with van der Waals surface area (Å²) in [6, 6.07) is 9.40. The maximum absolute atomic E-state index is 14.1. The van der Waals surface area contributed by atoms with Gasteiger partial charge in [-0.2, -0.15) is 0 Å². The summed E-state index contributed by atoms with van der Waals surface area (Å²) in [6.07, 6.45) is -9.61. The number of methoxy groups -OCH3 is 2. The van der Waals surface area contributed by atoms with Crippen molar-refractivity contribution in [1.82, 2.24) is 5.32 Å². The van der Waals surface area contributed by atoms with E-state index >= 15 is 0 Å². The zero-order valence-corrected chi connectivity index (χ0v) is 30.5. The summed E-state index contributed by atoms with van der Waals surface area (Å²) in [5, 5.41) is 30.4. The highest BCUT2D eigenvalue weighted by atomic mass is 35.5. The van der Waals surface area contributed by atoms with E-state index in [2.05, 4.69) is 14.8 Å². The Bertz CT molecular complexity index is 1500. The van der Waals surface area contributed by atoms with Crippen molar-refractivity contribution in [2.45, 2.75) is 99.7 Å². The molecule has 2 aliphatic rings. The Morgan fingerprint density at radius 3 is 1.57 bits per heavy atom. The van der Waals surface area contributed by atoms with Crippen LogP contribution in [0.4, 0.5) is 35.1 Å². The molecule has 6 N–H and O–H groups in total. The van der Waals surface area contributed by atoms with Gasteiger partial charge in [-0.3, -0.25) is 9.59 Å². The van der Waals surface area contributed by atoms with Crippen LogP contribution in [0.15, 0.2) is 48.5 Å². The van der Waals surface area contributed by atoms with E-state index in [4.69, 9.17) is 20.3 Å². The van der Waals surface area contributed by atoms with Crippen molar-refractivity contribution < 1.29 is 79.0 Å². The van der Waals surface area contributed by atoms with E-state index in [0.717, 1.165) is 12.1 Å². The molecule has 0 aliphatic heterocycles. The molecule has 0 spiro atoms. The van der Waals surface area contributed by atoms with Crippen molar-refractivity contribution in [3.05, 3.63) is 59.7 Å². The van der Waals surface area contributed by atoms with Crippen LogP contribution in [0.5, 0.6) is 11.5 Å². The van der Waals surface area contributed by atoms with Crippen LogP contribution in [-0.4, -0.2) is 89.9 Å². The third-order valence-corrected chi connectivity index (χ3v) is 8.34. The third kappa shape index (κ3) is 16.1. The van der Waals surface area contributed by atoms with Crippen LogP contribution >= 0.6 is 12.4 Å². The SMILES string of the molecule is CC(O)(CC(=O)O)C1(F)CC1.COC[C@H](N)c1cccc(OC(F)(F)F)c1.COC[C@H](NC(=O)CC(C)(O)C1(F)CC1)c1cccc(OC(F)(F)F)c1.Cl. The molecule has 2 aliphatic carbocycles. The summed E-state index contributed by atoms with van der Waals surface area (Å²) >= 11 is 0. The molecule has 2 aromatic carbocycles. The van der Waals surface area contributed by atoms with Crippen molar-refractivity contribution in [3.63, 3.8) is 0 Å². The molecule has 4 atom stereocenters. The maximum Gasteiger partial charge on any atom is 0.573 e. The highest BCUT2D eigenvalue weighted by molar-refractivity contribution is 5.85. The lowest BCUT2D eigenvalue weighted by atomic mass is 9.93. The van der Waals surface area contributed by atoms with Crippen molar-refractivity contribution in [2.24, 2.45) is 5.73 Å². The molecule has 2 saturated carbocycles. The quantitative estimate of drug-likeness (QED) is 0.127. The lowest BCUT2D eigenvalue weighted by molar-refractivity contribution is -0.275. The van der Waals surface area contributed by atoms with E-state index in [1.165, 1.54) is 58.4 Å². The summed E-state index contributed by atoms with van der Waals surface area (Å²) in [5.41, 5.74) is -0.399. The molecule has 0 aromatic heterocycles. The largest absolute Gasteiger partial charge is 0.573 e. The van der Waals surface area contributed by atoms with Gasteiger partial charge in [0.1, 0.15) is 34.0 Å². The number of hydrogen-bond acceptors (Lipinski definition) is 9. The normalized spacial score (nSPS) is 18.6. The molecular weight excluding hydrogens is 768 g/mol. The first kappa shape index (κ1) is 48.5. The molecule has 2 unspecified atom stereocenters. The minimum absolute atomic E-state index is 0. The molecular formula is C34H45ClF8N2O9. The van der Waals surface area contributed by atoms with Gasteiger partial charge in [-0.05, 0) is 74.9 Å². The molecule has 2 fully saturated rings. The lowest BCUT2D eigenvalue weighted by Crippen LogP contribution is -2.44. The summed E-state index contributed by atoms with van der Waals surface area (Å²) in [6.45, 7) is 2.69. The van der Waals surface area contributed by atoms with Crippen LogP contribution in [0, 0.1) is 0 Å². The van der Waals surface area contributed by atoms with E-state index in [1.807, 2.05) is 0 Å². The van der Waals surface area contributed by atoms with Crippen molar-refractivity contribution in [2.75, 3.05) is 27.4 Å². The van der Waals surface area contributed by atoms with Crippen molar-refractivity contribution in [1.29, 1.82) is 0 Å². The fraction of sp³-hybridized carbons (Fsp3) is 0.588. The highest BCUT2D eigenvalue weighted by Gasteiger charge is 2.59. The lowest BCUT2D eigenvalue weighted by Gasteiger charge is -2.28. The number of hydrogen-bond donors (Lipinski definition) is 5. The van der Waals surface area contributed by atoms with Gasteiger partial charge in [0, 0.05) is 14.2 Å². The molecule has 1 amide bonds. The number of amides is 1. The molecule has 11 nitrogen and oxygen atoms in total. The number of carboxylic acid groups (broad SMARTS) is 1. The number of nitrogens with one attached hydrogen (secondary N) is 1. The second-order valence-electron chi connectivity index (χ2n) is 13.1. The number of rotatable bonds is 15. The summed E-state index contributed by atoms with van der Waals surface area (Å²) < 4.78 is 118. The molecule has 0 heterocycles. The van der Waals surface area contributed by atoms with Crippen LogP contribution in [-0.2, 0) is 19.1 Å². The standard InChI is InChI=1S/C17H21F4NO4.C10H12F3NO2.C7H11FO3.ClH/c1-15(24,16(18)6-7-16)9-14(23)22-13(10-25-2)11-4-3-5-12(8-11)26-17(19,20)21;1-15-6-9(14)7-3-2-4-8(5-7)16-10(11,12)13;1-6(11,4-5(9)10)7(8)2-3-7;/h3-5,8,13,24H,6-7,9-10H2,1-2H3,(H,22,23);2-5,9H,6,14H2,1H3;11H,2-4H2,1H3,(H,9,10);1H/t13-,15?;9-;;/m00../s1. The minimum atomic E-state index is -4.84. The molecule has 0 bridgehead atoms. The van der Waals surface area contributed by atoms with Crippen LogP contribution in [0.1, 0.15) is 75.6 Å². The molecule has 0 saturated heterocycles. The van der Waals surface area contributed by atoms with Gasteiger partial charge in [-0.1, -0.05) is 24.3 Å². The van der Waals surface area contributed by atoms with Gasteiger partial charge in [0.25, 0.3) is 0 Å². The molecule has 308 valence electrons. The van der Waals surface area contributed by atoms with E-state index in [1.54, 1.807) is 6.07 Å². The fourth-order valence-corrected chi connectivity index (χ4v) is 5.00. The van der Waals surface area contributed by atoms with Crippen LogP contribution in [0.2, 0.25) is 0 Å². The number of aliphatic hydroxyl groups is 2. The number of carboxylic acids is 1. The number of alkyl halides is 8. The molecule has 20 heteroatoms. The predicted octanol–water partition coefficient (Wildman–Crippen LogP) is 6.40. The number of ether oxygens (including phenoxy) is 4. The predicted molar refractivity (Wildman–Crippen MR) is 179 cm³/mol. The van der Waals surface area contributed by atoms with E-state index in [9.17, 15) is 54.9 Å².